The SMILES string of the molecule is CC(NC(=O)N1C(C(=O)O)C(Cc2cncc(Cl)c2)C1(C)O)c1ccc2c(c1)OC(F)(F)O2. The van der Waals surface area contributed by atoms with Gasteiger partial charge in [0.15, 0.2) is 11.5 Å². The van der Waals surface area contributed by atoms with Gasteiger partial charge in [-0.3, -0.25) is 9.88 Å². The van der Waals surface area contributed by atoms with E-state index in [2.05, 4.69) is 19.8 Å². The maximum absolute atomic E-state index is 13.2. The van der Waals surface area contributed by atoms with Crippen LogP contribution in [0.1, 0.15) is 31.0 Å². The number of nitrogens with zero attached hydrogens (tertiary/aromatic N) is 2. The van der Waals surface area contributed by atoms with E-state index in [1.54, 1.807) is 13.0 Å². The van der Waals surface area contributed by atoms with Gasteiger partial charge in [-0.1, -0.05) is 17.7 Å². The Morgan fingerprint density at radius 2 is 1.97 bits per heavy atom. The van der Waals surface area contributed by atoms with Crippen molar-refractivity contribution in [1.82, 2.24) is 15.2 Å². The Balaban J connectivity index is 1.49. The first kappa shape index (κ1) is 23.0. The minimum atomic E-state index is -3.77. The summed E-state index contributed by atoms with van der Waals surface area (Å²) in [5.74, 6) is -2.43. The molecule has 4 unspecified atom stereocenters. The summed E-state index contributed by atoms with van der Waals surface area (Å²) in [7, 11) is 0. The number of rotatable bonds is 5. The standard InChI is InChI=1S/C21H20ClF2N3O6/c1-10(12-3-4-15-16(7-12)33-21(23,24)32-15)26-19(30)27-17(18(28)29)14(20(27,2)31)6-11-5-13(22)9-25-8-11/h3-5,7-10,14,17,31H,6H2,1-2H3,(H,26,30)(H,28,29). The Kier molecular flexibility index (Phi) is 5.57. The molecular weight excluding hydrogens is 464 g/mol. The van der Waals surface area contributed by atoms with E-state index >= 15 is 0 Å². The summed E-state index contributed by atoms with van der Waals surface area (Å²) in [6, 6.07) is 2.79. The second-order valence-corrected chi connectivity index (χ2v) is 8.55. The van der Waals surface area contributed by atoms with E-state index in [1.165, 1.54) is 37.5 Å². The summed E-state index contributed by atoms with van der Waals surface area (Å²) in [6.07, 6.45) is -0.703. The number of urea groups is 1. The molecule has 4 atom stereocenters. The van der Waals surface area contributed by atoms with Crippen LogP contribution in [0.5, 0.6) is 11.5 Å². The molecule has 1 aromatic heterocycles. The molecule has 0 radical (unpaired) electrons. The normalized spacial score (nSPS) is 25.8. The van der Waals surface area contributed by atoms with Gasteiger partial charge in [-0.25, -0.2) is 9.59 Å². The van der Waals surface area contributed by atoms with E-state index in [0.717, 1.165) is 4.90 Å². The van der Waals surface area contributed by atoms with Gasteiger partial charge in [0, 0.05) is 18.3 Å². The summed E-state index contributed by atoms with van der Waals surface area (Å²) in [5, 5.41) is 23.6. The Labute approximate surface area is 191 Å². The summed E-state index contributed by atoms with van der Waals surface area (Å²) >= 11 is 5.93. The molecule has 2 aliphatic rings. The highest BCUT2D eigenvalue weighted by Crippen LogP contribution is 2.44. The number of pyridine rings is 1. The number of halogens is 3. The molecule has 9 nitrogen and oxygen atoms in total. The number of ether oxygens (including phenoxy) is 2. The molecule has 2 aliphatic heterocycles. The molecule has 4 rings (SSSR count). The lowest BCUT2D eigenvalue weighted by Gasteiger charge is -2.57. The van der Waals surface area contributed by atoms with Crippen molar-refractivity contribution in [2.45, 2.75) is 44.4 Å². The predicted octanol–water partition coefficient (Wildman–Crippen LogP) is 3.16. The van der Waals surface area contributed by atoms with E-state index in [4.69, 9.17) is 11.6 Å². The lowest BCUT2D eigenvalue weighted by atomic mass is 9.74. The average molecular weight is 484 g/mol. The first-order chi connectivity index (χ1) is 15.4. The number of aliphatic carboxylic acids is 1. The third-order valence-corrected chi connectivity index (χ3v) is 6.01. The summed E-state index contributed by atoms with van der Waals surface area (Å²) < 4.78 is 35.3. The quantitative estimate of drug-likeness (QED) is 0.597. The second-order valence-electron chi connectivity index (χ2n) is 8.11. The monoisotopic (exact) mass is 483 g/mol. The number of hydrogen-bond donors (Lipinski definition) is 3. The number of aliphatic hydroxyl groups is 1. The first-order valence-electron chi connectivity index (χ1n) is 9.93. The number of carbonyl (C=O) groups is 2. The van der Waals surface area contributed by atoms with Crippen LogP contribution in [0.15, 0.2) is 36.7 Å². The molecule has 33 heavy (non-hydrogen) atoms. The molecule has 0 aliphatic carbocycles. The van der Waals surface area contributed by atoms with Gasteiger partial charge < -0.3 is 25.0 Å². The second kappa shape index (κ2) is 7.99. The van der Waals surface area contributed by atoms with Crippen molar-refractivity contribution in [3.8, 4) is 11.5 Å². The summed E-state index contributed by atoms with van der Waals surface area (Å²) in [6.45, 7) is 2.93. The molecule has 0 bridgehead atoms. The molecule has 2 amide bonds. The summed E-state index contributed by atoms with van der Waals surface area (Å²) in [5.41, 5.74) is -0.742. The smallest absolute Gasteiger partial charge is 0.480 e. The maximum atomic E-state index is 13.2. The number of carboxylic acid groups (broad SMARTS) is 1. The van der Waals surface area contributed by atoms with Gasteiger partial charge >= 0.3 is 18.3 Å². The predicted molar refractivity (Wildman–Crippen MR) is 110 cm³/mol. The fourth-order valence-electron chi connectivity index (χ4n) is 4.17. The van der Waals surface area contributed by atoms with Crippen LogP contribution in [0, 0.1) is 5.92 Å². The van der Waals surface area contributed by atoms with Gasteiger partial charge in [-0.2, -0.15) is 0 Å². The summed E-state index contributed by atoms with van der Waals surface area (Å²) in [4.78, 5) is 29.6. The van der Waals surface area contributed by atoms with Crippen LogP contribution in [0.25, 0.3) is 0 Å². The lowest BCUT2D eigenvalue weighted by Crippen LogP contribution is -2.77. The highest BCUT2D eigenvalue weighted by molar-refractivity contribution is 6.30. The molecule has 1 aromatic carbocycles. The fourth-order valence-corrected chi connectivity index (χ4v) is 4.37. The van der Waals surface area contributed by atoms with Crippen molar-refractivity contribution in [1.29, 1.82) is 0 Å². The first-order valence-corrected chi connectivity index (χ1v) is 10.3. The van der Waals surface area contributed by atoms with Crippen LogP contribution >= 0.6 is 11.6 Å². The fraction of sp³-hybridized carbons (Fsp3) is 0.381. The topological polar surface area (TPSA) is 121 Å². The number of hydrogen-bond acceptors (Lipinski definition) is 6. The van der Waals surface area contributed by atoms with Crippen LogP contribution in [-0.2, 0) is 11.2 Å². The number of likely N-dealkylation sites (tertiary alicyclic amines) is 1. The van der Waals surface area contributed by atoms with Crippen molar-refractivity contribution in [2.24, 2.45) is 5.92 Å². The number of carboxylic acids is 1. The van der Waals surface area contributed by atoms with E-state index in [-0.39, 0.29) is 17.9 Å². The van der Waals surface area contributed by atoms with Gasteiger partial charge in [0.2, 0.25) is 0 Å². The molecule has 176 valence electrons. The van der Waals surface area contributed by atoms with Crippen molar-refractivity contribution < 1.29 is 38.1 Å². The molecule has 1 fully saturated rings. The maximum Gasteiger partial charge on any atom is 0.586 e. The minimum absolute atomic E-state index is 0.132. The van der Waals surface area contributed by atoms with Crippen LogP contribution in [0.3, 0.4) is 0 Å². The number of aromatic nitrogens is 1. The molecule has 12 heteroatoms. The molecule has 0 spiro atoms. The molecule has 3 heterocycles. The molecule has 2 aromatic rings. The number of nitrogens with one attached hydrogen (secondary N) is 1. The molecule has 1 saturated heterocycles. The zero-order chi connectivity index (χ0) is 24.1. The Hall–Kier alpha value is -3.18. The highest BCUT2D eigenvalue weighted by atomic mass is 35.5. The number of alkyl halides is 2. The third kappa shape index (κ3) is 4.25. The van der Waals surface area contributed by atoms with Crippen LogP contribution in [0.2, 0.25) is 5.02 Å². The van der Waals surface area contributed by atoms with Gasteiger partial charge in [0.25, 0.3) is 0 Å². The highest BCUT2D eigenvalue weighted by Gasteiger charge is 2.62. The minimum Gasteiger partial charge on any atom is -0.480 e. The number of benzene rings is 1. The Morgan fingerprint density at radius 3 is 2.64 bits per heavy atom. The molecular formula is C21H20ClF2N3O6. The van der Waals surface area contributed by atoms with Gasteiger partial charge in [-0.15, -0.1) is 8.78 Å². The van der Waals surface area contributed by atoms with Gasteiger partial charge in [-0.05, 0) is 49.6 Å². The van der Waals surface area contributed by atoms with E-state index in [1.807, 2.05) is 0 Å². The van der Waals surface area contributed by atoms with Crippen molar-refractivity contribution in [2.75, 3.05) is 0 Å². The number of amides is 2. The molecule has 0 saturated carbocycles. The third-order valence-electron chi connectivity index (χ3n) is 5.80. The largest absolute Gasteiger partial charge is 0.586 e. The van der Waals surface area contributed by atoms with Gasteiger partial charge in [0.05, 0.1) is 11.1 Å². The van der Waals surface area contributed by atoms with E-state index in [9.17, 15) is 28.6 Å². The van der Waals surface area contributed by atoms with Gasteiger partial charge in [0.1, 0.15) is 11.8 Å². The van der Waals surface area contributed by atoms with Crippen LogP contribution in [-0.4, -0.2) is 50.2 Å². The van der Waals surface area contributed by atoms with Crippen molar-refractivity contribution >= 4 is 23.6 Å². The van der Waals surface area contributed by atoms with Crippen molar-refractivity contribution in [3.63, 3.8) is 0 Å². The Morgan fingerprint density at radius 1 is 1.27 bits per heavy atom. The van der Waals surface area contributed by atoms with E-state index in [0.29, 0.717) is 16.1 Å². The van der Waals surface area contributed by atoms with Crippen LogP contribution in [0.4, 0.5) is 13.6 Å². The van der Waals surface area contributed by atoms with Crippen molar-refractivity contribution in [3.05, 3.63) is 52.8 Å². The van der Waals surface area contributed by atoms with Crippen LogP contribution < -0.4 is 14.8 Å². The lowest BCUT2D eigenvalue weighted by molar-refractivity contribution is -0.286. The number of carbonyl (C=O) groups excluding carboxylic acids is 1. The zero-order valence-electron chi connectivity index (χ0n) is 17.5. The number of fused-ring (bicyclic) bond motifs is 1. The molecule has 3 N–H and O–H groups in total. The Bertz CT molecular complexity index is 1120. The average Bonchev–Trinajstić information content (AvgIpc) is 3.02. The zero-order valence-corrected chi connectivity index (χ0v) is 18.2. The van der Waals surface area contributed by atoms with E-state index < -0.39 is 42.0 Å².